The van der Waals surface area contributed by atoms with E-state index in [0.29, 0.717) is 12.0 Å². The molecule has 1 aromatic rings. The highest BCUT2D eigenvalue weighted by Crippen LogP contribution is 2.18. The summed E-state index contributed by atoms with van der Waals surface area (Å²) in [5, 5.41) is 0. The Morgan fingerprint density at radius 3 is 3.00 bits per heavy atom. The van der Waals surface area contributed by atoms with Crippen molar-refractivity contribution in [3.63, 3.8) is 0 Å². The molecule has 0 bridgehead atoms. The molecule has 2 rings (SSSR count). The number of Topliss-reactive ketones (excluding diaryl/α,β-unsaturated/α-hetero) is 1. The molecule has 0 aliphatic heterocycles. The van der Waals surface area contributed by atoms with Crippen LogP contribution in [0.5, 0.6) is 0 Å². The largest absolute Gasteiger partial charge is 0.294 e. The molecular weight excluding hydrogens is 162 g/mol. The van der Waals surface area contributed by atoms with Crippen LogP contribution in [0, 0.1) is 0 Å². The Bertz CT molecular complexity index is 385. The molecule has 0 spiro atoms. The smallest absolute Gasteiger partial charge is 0.269 e. The zero-order chi connectivity index (χ0) is 7.84. The number of aromatic nitrogens is 1. The van der Waals surface area contributed by atoms with Gasteiger partial charge in [-0.25, -0.2) is 0 Å². The molecule has 0 amide bonds. The molecule has 1 aromatic heterocycles. The number of hydrogen-bond donors (Lipinski definition) is 1. The minimum atomic E-state index is -0.251. The zero-order valence-corrected chi connectivity index (χ0v) is 6.40. The van der Waals surface area contributed by atoms with Crippen molar-refractivity contribution in [1.82, 2.24) is 4.37 Å². The summed E-state index contributed by atoms with van der Waals surface area (Å²) < 4.78 is 2.52. The summed E-state index contributed by atoms with van der Waals surface area (Å²) in [6.07, 6.45) is 3.93. The normalized spacial score (nSPS) is 15.1. The van der Waals surface area contributed by atoms with Crippen LogP contribution in [0.25, 0.3) is 6.08 Å². The summed E-state index contributed by atoms with van der Waals surface area (Å²) in [7, 11) is 0. The summed E-state index contributed by atoms with van der Waals surface area (Å²) in [5.41, 5.74) is 0.0804. The fourth-order valence-electron chi connectivity index (χ4n) is 1.07. The molecule has 1 heterocycles. The Balaban J connectivity index is 2.77. The maximum absolute atomic E-state index is 11.1. The molecule has 0 fully saturated rings. The lowest BCUT2D eigenvalue weighted by Crippen LogP contribution is -2.14. The first kappa shape index (κ1) is 6.54. The number of hydrogen-bond acceptors (Lipinski definition) is 3. The van der Waals surface area contributed by atoms with Gasteiger partial charge >= 0.3 is 0 Å². The second-order valence-electron chi connectivity index (χ2n) is 2.30. The maximum Gasteiger partial charge on any atom is 0.269 e. The van der Waals surface area contributed by atoms with Gasteiger partial charge in [-0.1, -0.05) is 17.6 Å². The third-order valence-electron chi connectivity index (χ3n) is 1.58. The van der Waals surface area contributed by atoms with E-state index in [2.05, 4.69) is 4.37 Å². The number of nitrogens with one attached hydrogen (secondary N) is 1. The zero-order valence-electron chi connectivity index (χ0n) is 5.59. The first-order chi connectivity index (χ1) is 5.29. The lowest BCUT2D eigenvalue weighted by atomic mass is 10.1. The van der Waals surface area contributed by atoms with E-state index in [-0.39, 0.29) is 11.3 Å². The summed E-state index contributed by atoms with van der Waals surface area (Å²) >= 11 is 1.21. The fraction of sp³-hybridized carbons (Fsp3) is 0.143. The Labute approximate surface area is 66.5 Å². The molecule has 56 valence electrons. The second kappa shape index (κ2) is 2.17. The van der Waals surface area contributed by atoms with Crippen LogP contribution in [0.15, 0.2) is 10.9 Å². The number of rotatable bonds is 0. The van der Waals surface area contributed by atoms with E-state index in [0.717, 1.165) is 4.88 Å². The number of carbonyl (C=O) groups is 1. The molecule has 1 N–H and O–H groups in total. The minimum absolute atomic E-state index is 0.0787. The minimum Gasteiger partial charge on any atom is -0.294 e. The van der Waals surface area contributed by atoms with Crippen molar-refractivity contribution in [2.24, 2.45) is 0 Å². The molecule has 3 nitrogen and oxygen atoms in total. The molecule has 0 saturated heterocycles. The van der Waals surface area contributed by atoms with Crippen LogP contribution in [0.1, 0.15) is 21.7 Å². The third kappa shape index (κ3) is 0.867. The summed E-state index contributed by atoms with van der Waals surface area (Å²) in [5.74, 6) is -0.0787. The van der Waals surface area contributed by atoms with E-state index in [1.807, 2.05) is 0 Å². The highest BCUT2D eigenvalue weighted by atomic mass is 32.1. The molecule has 4 heteroatoms. The number of carbonyl (C=O) groups excluding carboxylic acids is 1. The van der Waals surface area contributed by atoms with Crippen LogP contribution in [0.3, 0.4) is 0 Å². The van der Waals surface area contributed by atoms with E-state index in [9.17, 15) is 9.59 Å². The SMILES string of the molecule is O=C1CC=Cc2s[nH]c(=O)c21. The van der Waals surface area contributed by atoms with Crippen LogP contribution < -0.4 is 5.56 Å². The van der Waals surface area contributed by atoms with Gasteiger partial charge in [0.2, 0.25) is 0 Å². The molecular formula is C7H5NO2S. The standard InChI is InChI=1S/C7H5NO2S/c9-4-2-1-3-5-6(4)7(10)8-11-5/h1,3H,2H2,(H,8,10). The molecule has 0 saturated carbocycles. The average Bonchev–Trinajstić information content (AvgIpc) is 2.34. The van der Waals surface area contributed by atoms with Crippen LogP contribution >= 0.6 is 11.5 Å². The summed E-state index contributed by atoms with van der Waals surface area (Å²) in [6.45, 7) is 0. The Hall–Kier alpha value is -1.16. The molecule has 0 atom stereocenters. The molecule has 1 aliphatic rings. The van der Waals surface area contributed by atoms with Crippen molar-refractivity contribution in [2.75, 3.05) is 0 Å². The number of H-pyrrole nitrogens is 1. The van der Waals surface area contributed by atoms with Crippen molar-refractivity contribution in [3.05, 3.63) is 26.9 Å². The van der Waals surface area contributed by atoms with Gasteiger partial charge in [0, 0.05) is 6.42 Å². The van der Waals surface area contributed by atoms with Gasteiger partial charge in [0.1, 0.15) is 5.56 Å². The van der Waals surface area contributed by atoms with Gasteiger partial charge in [0.25, 0.3) is 5.56 Å². The van der Waals surface area contributed by atoms with Gasteiger partial charge < -0.3 is 0 Å². The van der Waals surface area contributed by atoms with Crippen molar-refractivity contribution < 1.29 is 4.79 Å². The molecule has 1 aliphatic carbocycles. The molecule has 0 aromatic carbocycles. The van der Waals surface area contributed by atoms with Crippen LogP contribution in [-0.4, -0.2) is 10.2 Å². The maximum atomic E-state index is 11.1. The number of ketones is 1. The summed E-state index contributed by atoms with van der Waals surface area (Å²) in [6, 6.07) is 0. The van der Waals surface area contributed by atoms with Gasteiger partial charge in [-0.15, -0.1) is 0 Å². The Morgan fingerprint density at radius 1 is 1.45 bits per heavy atom. The van der Waals surface area contributed by atoms with Gasteiger partial charge in [0.05, 0.1) is 4.88 Å². The second-order valence-corrected chi connectivity index (χ2v) is 3.15. The van der Waals surface area contributed by atoms with Crippen LogP contribution in [0.4, 0.5) is 0 Å². The Morgan fingerprint density at radius 2 is 2.27 bits per heavy atom. The first-order valence-corrected chi connectivity index (χ1v) is 4.02. The molecule has 11 heavy (non-hydrogen) atoms. The van der Waals surface area contributed by atoms with E-state index in [1.165, 1.54) is 11.5 Å². The van der Waals surface area contributed by atoms with E-state index in [4.69, 9.17) is 0 Å². The topological polar surface area (TPSA) is 49.9 Å². The number of allylic oxidation sites excluding steroid dienone is 1. The van der Waals surface area contributed by atoms with Gasteiger partial charge in [-0.05, 0) is 6.08 Å². The Kier molecular flexibility index (Phi) is 1.29. The van der Waals surface area contributed by atoms with Crippen molar-refractivity contribution in [1.29, 1.82) is 0 Å². The average molecular weight is 167 g/mol. The van der Waals surface area contributed by atoms with Crippen molar-refractivity contribution in [2.45, 2.75) is 6.42 Å². The van der Waals surface area contributed by atoms with Gasteiger partial charge in [-0.3, -0.25) is 14.0 Å². The van der Waals surface area contributed by atoms with Crippen LogP contribution in [0.2, 0.25) is 0 Å². The van der Waals surface area contributed by atoms with Crippen molar-refractivity contribution in [3.8, 4) is 0 Å². The predicted molar refractivity (Wildman–Crippen MR) is 42.9 cm³/mol. The van der Waals surface area contributed by atoms with E-state index >= 15 is 0 Å². The van der Waals surface area contributed by atoms with Crippen LogP contribution in [-0.2, 0) is 0 Å². The number of fused-ring (bicyclic) bond motifs is 1. The van der Waals surface area contributed by atoms with Gasteiger partial charge in [-0.2, -0.15) is 0 Å². The third-order valence-corrected chi connectivity index (χ3v) is 2.43. The monoisotopic (exact) mass is 167 g/mol. The highest BCUT2D eigenvalue weighted by Gasteiger charge is 2.18. The fourth-order valence-corrected chi connectivity index (χ4v) is 1.85. The predicted octanol–water partition coefficient (Wildman–Crippen LogP) is 1.04. The number of aromatic amines is 1. The van der Waals surface area contributed by atoms with E-state index in [1.54, 1.807) is 12.2 Å². The summed E-state index contributed by atoms with van der Waals surface area (Å²) in [4.78, 5) is 22.8. The van der Waals surface area contributed by atoms with Gasteiger partial charge in [0.15, 0.2) is 5.78 Å². The molecule has 0 radical (unpaired) electrons. The molecule has 0 unspecified atom stereocenters. The first-order valence-electron chi connectivity index (χ1n) is 3.20. The lowest BCUT2D eigenvalue weighted by molar-refractivity contribution is 0.0994. The lowest BCUT2D eigenvalue weighted by Gasteiger charge is -1.98. The highest BCUT2D eigenvalue weighted by molar-refractivity contribution is 7.07. The van der Waals surface area contributed by atoms with E-state index < -0.39 is 0 Å². The van der Waals surface area contributed by atoms with Crippen molar-refractivity contribution >= 4 is 23.4 Å². The quantitative estimate of drug-likeness (QED) is 0.627.